The Morgan fingerprint density at radius 2 is 1.78 bits per heavy atom. The molecule has 0 amide bonds. The van der Waals surface area contributed by atoms with Crippen molar-refractivity contribution >= 4 is 0 Å². The summed E-state index contributed by atoms with van der Waals surface area (Å²) in [5, 5.41) is 0. The SMILES string of the molecule is CCCC1=CCc2cc(C3CCC(CCC)CC3)c(F)cc2C1. The number of halogens is 1. The lowest BCUT2D eigenvalue weighted by atomic mass is 9.76. The van der Waals surface area contributed by atoms with E-state index in [1.54, 1.807) is 0 Å². The first-order valence-corrected chi connectivity index (χ1v) is 9.70. The zero-order valence-electron chi connectivity index (χ0n) is 14.8. The highest BCUT2D eigenvalue weighted by Crippen LogP contribution is 2.39. The van der Waals surface area contributed by atoms with Crippen molar-refractivity contribution in [1.82, 2.24) is 0 Å². The first-order chi connectivity index (χ1) is 11.2. The molecule has 2 aliphatic carbocycles. The molecule has 1 saturated carbocycles. The van der Waals surface area contributed by atoms with Crippen molar-refractivity contribution in [2.24, 2.45) is 5.92 Å². The van der Waals surface area contributed by atoms with E-state index in [-0.39, 0.29) is 5.82 Å². The standard InChI is InChI=1S/C22H31F/c1-3-5-16-7-10-18(11-8-16)21-14-19-12-9-17(6-4-2)13-20(19)15-22(21)23/h9,14-16,18H,3-8,10-13H2,1-2H3. The summed E-state index contributed by atoms with van der Waals surface area (Å²) < 4.78 is 14.7. The van der Waals surface area contributed by atoms with Crippen LogP contribution >= 0.6 is 0 Å². The fraction of sp³-hybridized carbons (Fsp3) is 0.636. The maximum absolute atomic E-state index is 14.7. The Hall–Kier alpha value is -1.11. The van der Waals surface area contributed by atoms with Crippen molar-refractivity contribution in [3.63, 3.8) is 0 Å². The van der Waals surface area contributed by atoms with Gasteiger partial charge in [0, 0.05) is 0 Å². The Morgan fingerprint density at radius 3 is 2.48 bits per heavy atom. The molecule has 3 rings (SSSR count). The van der Waals surface area contributed by atoms with Crippen LogP contribution in [0.5, 0.6) is 0 Å². The number of allylic oxidation sites excluding steroid dienone is 2. The number of benzene rings is 1. The molecular formula is C22H31F. The first-order valence-electron chi connectivity index (χ1n) is 9.70. The van der Waals surface area contributed by atoms with Crippen molar-refractivity contribution in [3.8, 4) is 0 Å². The van der Waals surface area contributed by atoms with Gasteiger partial charge in [-0.15, -0.1) is 0 Å². The van der Waals surface area contributed by atoms with Crippen LogP contribution in [0.2, 0.25) is 0 Å². The molecule has 0 aliphatic heterocycles. The quantitative estimate of drug-likeness (QED) is 0.529. The molecule has 126 valence electrons. The van der Waals surface area contributed by atoms with Crippen LogP contribution in [0, 0.1) is 11.7 Å². The second kappa shape index (κ2) is 7.64. The highest BCUT2D eigenvalue weighted by atomic mass is 19.1. The van der Waals surface area contributed by atoms with Crippen LogP contribution in [0.25, 0.3) is 0 Å². The van der Waals surface area contributed by atoms with E-state index in [9.17, 15) is 4.39 Å². The zero-order valence-corrected chi connectivity index (χ0v) is 14.8. The van der Waals surface area contributed by atoms with Crippen LogP contribution in [0.4, 0.5) is 4.39 Å². The molecule has 1 aromatic carbocycles. The molecule has 1 fully saturated rings. The number of rotatable bonds is 5. The van der Waals surface area contributed by atoms with Crippen molar-refractivity contribution in [3.05, 3.63) is 46.3 Å². The van der Waals surface area contributed by atoms with E-state index in [0.717, 1.165) is 30.7 Å². The van der Waals surface area contributed by atoms with Gasteiger partial charge < -0.3 is 0 Å². The zero-order chi connectivity index (χ0) is 16.2. The average molecular weight is 314 g/mol. The van der Waals surface area contributed by atoms with Gasteiger partial charge >= 0.3 is 0 Å². The first kappa shape index (κ1) is 16.7. The molecule has 0 nitrogen and oxygen atoms in total. The van der Waals surface area contributed by atoms with Crippen molar-refractivity contribution in [2.75, 3.05) is 0 Å². The minimum absolute atomic E-state index is 0.0560. The molecule has 0 radical (unpaired) electrons. The van der Waals surface area contributed by atoms with E-state index in [1.165, 1.54) is 61.6 Å². The van der Waals surface area contributed by atoms with Gasteiger partial charge in [-0.05, 0) is 79.5 Å². The Kier molecular flexibility index (Phi) is 5.56. The topological polar surface area (TPSA) is 0 Å². The molecule has 0 aromatic heterocycles. The molecule has 0 saturated heterocycles. The third-order valence-electron chi connectivity index (χ3n) is 5.90. The van der Waals surface area contributed by atoms with Gasteiger partial charge in [0.1, 0.15) is 5.82 Å². The average Bonchev–Trinajstić information content (AvgIpc) is 2.56. The van der Waals surface area contributed by atoms with Gasteiger partial charge in [-0.3, -0.25) is 0 Å². The normalized spacial score (nSPS) is 24.2. The van der Waals surface area contributed by atoms with Gasteiger partial charge in [-0.1, -0.05) is 50.8 Å². The molecule has 1 heteroatoms. The Bertz CT molecular complexity index is 562. The summed E-state index contributed by atoms with van der Waals surface area (Å²) in [6.07, 6.45) is 14.3. The summed E-state index contributed by atoms with van der Waals surface area (Å²) in [6.45, 7) is 4.49. The van der Waals surface area contributed by atoms with E-state index in [0.29, 0.717) is 5.92 Å². The van der Waals surface area contributed by atoms with Crippen LogP contribution < -0.4 is 0 Å². The number of hydrogen-bond acceptors (Lipinski definition) is 0. The fourth-order valence-corrected chi connectivity index (χ4v) is 4.60. The summed E-state index contributed by atoms with van der Waals surface area (Å²) in [5.74, 6) is 1.39. The second-order valence-corrected chi connectivity index (χ2v) is 7.64. The van der Waals surface area contributed by atoms with E-state index >= 15 is 0 Å². The molecule has 2 aliphatic rings. The van der Waals surface area contributed by atoms with Crippen LogP contribution in [0.15, 0.2) is 23.8 Å². The smallest absolute Gasteiger partial charge is 0.126 e. The Labute approximate surface area is 141 Å². The molecule has 1 aromatic rings. The van der Waals surface area contributed by atoms with Crippen molar-refractivity contribution in [1.29, 1.82) is 0 Å². The maximum atomic E-state index is 14.7. The highest BCUT2D eigenvalue weighted by Gasteiger charge is 2.25. The minimum Gasteiger partial charge on any atom is -0.207 e. The molecule has 0 bridgehead atoms. The lowest BCUT2D eigenvalue weighted by Gasteiger charge is -2.30. The summed E-state index contributed by atoms with van der Waals surface area (Å²) in [7, 11) is 0. The van der Waals surface area contributed by atoms with Gasteiger partial charge in [0.25, 0.3) is 0 Å². The van der Waals surface area contributed by atoms with E-state index in [1.807, 2.05) is 6.07 Å². The predicted molar refractivity (Wildman–Crippen MR) is 96.4 cm³/mol. The lowest BCUT2D eigenvalue weighted by molar-refractivity contribution is 0.304. The van der Waals surface area contributed by atoms with Crippen LogP contribution in [-0.4, -0.2) is 0 Å². The van der Waals surface area contributed by atoms with Gasteiger partial charge in [0.15, 0.2) is 0 Å². The minimum atomic E-state index is 0.0560. The molecule has 0 unspecified atom stereocenters. The predicted octanol–water partition coefficient (Wildman–Crippen LogP) is 6.72. The summed E-state index contributed by atoms with van der Waals surface area (Å²) in [5.41, 5.74) is 5.10. The summed E-state index contributed by atoms with van der Waals surface area (Å²) in [6, 6.07) is 4.06. The summed E-state index contributed by atoms with van der Waals surface area (Å²) >= 11 is 0. The fourth-order valence-electron chi connectivity index (χ4n) is 4.60. The number of fused-ring (bicyclic) bond motifs is 1. The van der Waals surface area contributed by atoms with Gasteiger partial charge in [0.05, 0.1) is 0 Å². The van der Waals surface area contributed by atoms with Gasteiger partial charge in [-0.2, -0.15) is 0 Å². The Balaban J connectivity index is 1.72. The lowest BCUT2D eigenvalue weighted by Crippen LogP contribution is -2.15. The largest absolute Gasteiger partial charge is 0.207 e. The van der Waals surface area contributed by atoms with Crippen LogP contribution in [-0.2, 0) is 12.8 Å². The van der Waals surface area contributed by atoms with Crippen LogP contribution in [0.1, 0.15) is 87.8 Å². The van der Waals surface area contributed by atoms with Gasteiger partial charge in [0.2, 0.25) is 0 Å². The van der Waals surface area contributed by atoms with Crippen molar-refractivity contribution < 1.29 is 4.39 Å². The highest BCUT2D eigenvalue weighted by molar-refractivity contribution is 5.41. The van der Waals surface area contributed by atoms with E-state index < -0.39 is 0 Å². The van der Waals surface area contributed by atoms with E-state index in [2.05, 4.69) is 26.0 Å². The van der Waals surface area contributed by atoms with E-state index in [4.69, 9.17) is 0 Å². The monoisotopic (exact) mass is 314 g/mol. The molecule has 23 heavy (non-hydrogen) atoms. The maximum Gasteiger partial charge on any atom is 0.126 e. The summed E-state index contributed by atoms with van der Waals surface area (Å²) in [4.78, 5) is 0. The molecule has 0 N–H and O–H groups in total. The Morgan fingerprint density at radius 1 is 1.00 bits per heavy atom. The number of hydrogen-bond donors (Lipinski definition) is 0. The third-order valence-corrected chi connectivity index (χ3v) is 5.90. The molecule has 0 atom stereocenters. The second-order valence-electron chi connectivity index (χ2n) is 7.64. The van der Waals surface area contributed by atoms with Crippen molar-refractivity contribution in [2.45, 2.75) is 84.0 Å². The molecular weight excluding hydrogens is 283 g/mol. The van der Waals surface area contributed by atoms with Crippen LogP contribution in [0.3, 0.4) is 0 Å². The molecule has 0 heterocycles. The van der Waals surface area contributed by atoms with Gasteiger partial charge in [-0.25, -0.2) is 4.39 Å². The molecule has 0 spiro atoms. The third kappa shape index (κ3) is 3.87.